The first kappa shape index (κ1) is 13.3. The minimum absolute atomic E-state index is 0.206. The van der Waals surface area contributed by atoms with E-state index < -0.39 is 6.04 Å². The zero-order chi connectivity index (χ0) is 13.8. The average Bonchev–Trinajstić information content (AvgIpc) is 2.98. The van der Waals surface area contributed by atoms with E-state index in [9.17, 15) is 4.79 Å². The van der Waals surface area contributed by atoms with Crippen molar-refractivity contribution in [3.63, 3.8) is 0 Å². The predicted molar refractivity (Wildman–Crippen MR) is 70.1 cm³/mol. The highest BCUT2D eigenvalue weighted by atomic mass is 16.2. The van der Waals surface area contributed by atoms with Crippen LogP contribution in [0.25, 0.3) is 0 Å². The van der Waals surface area contributed by atoms with Crippen LogP contribution >= 0.6 is 0 Å². The Labute approximate surface area is 111 Å². The Morgan fingerprint density at radius 3 is 2.89 bits per heavy atom. The number of hydrogen-bond donors (Lipinski definition) is 2. The van der Waals surface area contributed by atoms with Gasteiger partial charge in [-0.1, -0.05) is 0 Å². The number of imidazole rings is 1. The molecule has 0 saturated heterocycles. The molecule has 102 valence electrons. The molecule has 0 bridgehead atoms. The molecule has 0 spiro atoms. The molecule has 2 aromatic rings. The topological polar surface area (TPSA) is 90.8 Å². The van der Waals surface area contributed by atoms with E-state index in [1.165, 1.54) is 0 Å². The Hall–Kier alpha value is -2.15. The summed E-state index contributed by atoms with van der Waals surface area (Å²) in [4.78, 5) is 16.1. The second-order valence-electron chi connectivity index (χ2n) is 4.42. The van der Waals surface area contributed by atoms with E-state index >= 15 is 0 Å². The summed E-state index contributed by atoms with van der Waals surface area (Å²) in [6.45, 7) is 0.512. The Morgan fingerprint density at radius 1 is 1.53 bits per heavy atom. The first-order valence-corrected chi connectivity index (χ1v) is 6.06. The predicted octanol–water partition coefficient (Wildman–Crippen LogP) is -0.488. The Kier molecular flexibility index (Phi) is 3.96. The van der Waals surface area contributed by atoms with Crippen LogP contribution in [0.2, 0.25) is 0 Å². The molecule has 0 aliphatic rings. The summed E-state index contributed by atoms with van der Waals surface area (Å²) >= 11 is 0. The lowest BCUT2D eigenvalue weighted by molar-refractivity contribution is -0.122. The fraction of sp³-hybridized carbons (Fsp3) is 0.417. The number of nitrogens with two attached hydrogens (primary N) is 1. The zero-order valence-corrected chi connectivity index (χ0v) is 11.1. The fourth-order valence-corrected chi connectivity index (χ4v) is 1.80. The third-order valence-corrected chi connectivity index (χ3v) is 2.94. The first-order chi connectivity index (χ1) is 9.08. The van der Waals surface area contributed by atoms with Crippen LogP contribution in [-0.4, -0.2) is 31.8 Å². The molecule has 7 heteroatoms. The summed E-state index contributed by atoms with van der Waals surface area (Å²) < 4.78 is 3.55. The maximum Gasteiger partial charge on any atom is 0.241 e. The molecule has 0 aliphatic heterocycles. The van der Waals surface area contributed by atoms with Gasteiger partial charge in [0.2, 0.25) is 5.91 Å². The van der Waals surface area contributed by atoms with Crippen molar-refractivity contribution < 1.29 is 4.79 Å². The van der Waals surface area contributed by atoms with Crippen molar-refractivity contribution in [2.45, 2.75) is 12.5 Å². The van der Waals surface area contributed by atoms with Gasteiger partial charge in [-0.25, -0.2) is 4.98 Å². The van der Waals surface area contributed by atoms with Crippen molar-refractivity contribution in [3.05, 3.63) is 36.2 Å². The van der Waals surface area contributed by atoms with E-state index in [1.807, 2.05) is 17.8 Å². The van der Waals surface area contributed by atoms with Gasteiger partial charge in [0.25, 0.3) is 0 Å². The zero-order valence-electron chi connectivity index (χ0n) is 11.1. The highest BCUT2D eigenvalue weighted by Crippen LogP contribution is 2.08. The Bertz CT molecular complexity index is 558. The lowest BCUT2D eigenvalue weighted by Gasteiger charge is -2.10. The van der Waals surface area contributed by atoms with Gasteiger partial charge < -0.3 is 15.6 Å². The van der Waals surface area contributed by atoms with Crippen molar-refractivity contribution >= 4 is 5.91 Å². The van der Waals surface area contributed by atoms with Gasteiger partial charge in [-0.05, 0) is 0 Å². The highest BCUT2D eigenvalue weighted by Gasteiger charge is 2.16. The smallest absolute Gasteiger partial charge is 0.241 e. The molecule has 1 amide bonds. The summed E-state index contributed by atoms with van der Waals surface area (Å²) in [5.41, 5.74) is 6.56. The quantitative estimate of drug-likeness (QED) is 0.761. The van der Waals surface area contributed by atoms with Crippen molar-refractivity contribution in [1.82, 2.24) is 24.6 Å². The number of hydrogen-bond acceptors (Lipinski definition) is 4. The molecule has 0 saturated carbocycles. The lowest BCUT2D eigenvalue weighted by atomic mass is 10.1. The van der Waals surface area contributed by atoms with Gasteiger partial charge in [-0.3, -0.25) is 9.48 Å². The van der Waals surface area contributed by atoms with Crippen LogP contribution < -0.4 is 11.1 Å². The average molecular weight is 262 g/mol. The van der Waals surface area contributed by atoms with Gasteiger partial charge in [-0.2, -0.15) is 5.10 Å². The largest absolute Gasteiger partial charge is 0.354 e. The van der Waals surface area contributed by atoms with Gasteiger partial charge in [0.05, 0.1) is 6.20 Å². The maximum atomic E-state index is 11.9. The van der Waals surface area contributed by atoms with Crippen LogP contribution in [-0.2, 0) is 25.3 Å². The number of aromatic nitrogens is 4. The second kappa shape index (κ2) is 5.66. The van der Waals surface area contributed by atoms with Crippen LogP contribution in [0.4, 0.5) is 0 Å². The molecule has 2 rings (SSSR count). The van der Waals surface area contributed by atoms with Crippen molar-refractivity contribution in [3.8, 4) is 0 Å². The summed E-state index contributed by atoms with van der Waals surface area (Å²) in [5, 5.41) is 6.80. The summed E-state index contributed by atoms with van der Waals surface area (Å²) in [7, 11) is 3.71. The number of amides is 1. The molecule has 0 aromatic carbocycles. The molecule has 3 N–H and O–H groups in total. The van der Waals surface area contributed by atoms with Crippen LogP contribution in [0.15, 0.2) is 24.8 Å². The highest BCUT2D eigenvalue weighted by molar-refractivity contribution is 5.82. The fourth-order valence-electron chi connectivity index (χ4n) is 1.80. The van der Waals surface area contributed by atoms with Crippen molar-refractivity contribution in [2.75, 3.05) is 6.54 Å². The Morgan fingerprint density at radius 2 is 2.32 bits per heavy atom. The molecule has 2 heterocycles. The standard InChI is InChI=1S/C12H18N6O/c1-17-6-5-14-10(17)3-4-15-12(19)11(13)9-7-16-18(2)8-9/h5-8,11H,3-4,13H2,1-2H3,(H,15,19). The van der Waals surface area contributed by atoms with E-state index in [0.717, 1.165) is 5.82 Å². The van der Waals surface area contributed by atoms with Crippen molar-refractivity contribution in [1.29, 1.82) is 0 Å². The number of carbonyl (C=O) groups excluding carboxylic acids is 1. The van der Waals surface area contributed by atoms with Gasteiger partial charge in [0.15, 0.2) is 0 Å². The van der Waals surface area contributed by atoms with Crippen LogP contribution in [0.5, 0.6) is 0 Å². The summed E-state index contributed by atoms with van der Waals surface area (Å²) in [6.07, 6.45) is 7.62. The molecule has 1 atom stereocenters. The molecule has 0 radical (unpaired) electrons. The third kappa shape index (κ3) is 3.19. The van der Waals surface area contributed by atoms with E-state index in [4.69, 9.17) is 5.73 Å². The maximum absolute atomic E-state index is 11.9. The number of nitrogens with zero attached hydrogens (tertiary/aromatic N) is 4. The van der Waals surface area contributed by atoms with Crippen LogP contribution in [0, 0.1) is 0 Å². The monoisotopic (exact) mass is 262 g/mol. The van der Waals surface area contributed by atoms with E-state index in [-0.39, 0.29) is 5.91 Å². The molecule has 19 heavy (non-hydrogen) atoms. The number of carbonyl (C=O) groups is 1. The summed E-state index contributed by atoms with van der Waals surface area (Å²) in [6, 6.07) is -0.685. The van der Waals surface area contributed by atoms with Gasteiger partial charge >= 0.3 is 0 Å². The minimum Gasteiger partial charge on any atom is -0.354 e. The molecule has 7 nitrogen and oxygen atoms in total. The molecule has 0 aliphatic carbocycles. The molecule has 0 fully saturated rings. The second-order valence-corrected chi connectivity index (χ2v) is 4.42. The van der Waals surface area contributed by atoms with Crippen LogP contribution in [0.1, 0.15) is 17.4 Å². The number of aryl methyl sites for hydroxylation is 2. The van der Waals surface area contributed by atoms with E-state index in [2.05, 4.69) is 15.4 Å². The van der Waals surface area contributed by atoms with Gasteiger partial charge in [0, 0.05) is 51.2 Å². The van der Waals surface area contributed by atoms with Gasteiger partial charge in [0.1, 0.15) is 11.9 Å². The van der Waals surface area contributed by atoms with E-state index in [1.54, 1.807) is 30.3 Å². The minimum atomic E-state index is -0.685. The Balaban J connectivity index is 1.83. The SMILES string of the molecule is Cn1cc(C(N)C(=O)NCCc2nccn2C)cn1. The van der Waals surface area contributed by atoms with Crippen molar-refractivity contribution in [2.24, 2.45) is 19.8 Å². The molecule has 1 unspecified atom stereocenters. The summed E-state index contributed by atoms with van der Waals surface area (Å²) in [5.74, 6) is 0.720. The van der Waals surface area contributed by atoms with Gasteiger partial charge in [-0.15, -0.1) is 0 Å². The molecular weight excluding hydrogens is 244 g/mol. The molecule has 2 aromatic heterocycles. The number of rotatable bonds is 5. The number of nitrogens with one attached hydrogen (secondary N) is 1. The molecular formula is C12H18N6O. The normalized spacial score (nSPS) is 12.4. The third-order valence-electron chi connectivity index (χ3n) is 2.94. The first-order valence-electron chi connectivity index (χ1n) is 6.06. The van der Waals surface area contributed by atoms with E-state index in [0.29, 0.717) is 18.5 Å². The lowest BCUT2D eigenvalue weighted by Crippen LogP contribution is -2.35. The van der Waals surface area contributed by atoms with Crippen LogP contribution in [0.3, 0.4) is 0 Å².